The lowest BCUT2D eigenvalue weighted by Gasteiger charge is -2.22. The number of nitrogen functional groups attached to an aromatic ring is 2. The highest BCUT2D eigenvalue weighted by Gasteiger charge is 2.15. The molecule has 0 spiro atoms. The lowest BCUT2D eigenvalue weighted by molar-refractivity contribution is 0.474. The lowest BCUT2D eigenvalue weighted by Crippen LogP contribution is -2.11. The van der Waals surface area contributed by atoms with Crippen LogP contribution in [0.15, 0.2) is 109 Å². The van der Waals surface area contributed by atoms with Crippen LogP contribution in [0.1, 0.15) is 134 Å². The first-order chi connectivity index (χ1) is 28.9. The van der Waals surface area contributed by atoms with Crippen molar-refractivity contribution in [1.82, 2.24) is 0 Å². The molecule has 0 amide bonds. The minimum absolute atomic E-state index is 0.161. The van der Waals surface area contributed by atoms with E-state index < -0.39 is 0 Å². The standard InChI is InChI=1S/C29H38N2O.C25H30N2O/c1-6-22-15-20(16-23(7-2)28(22)30)14-21-17-24(8-3)29(25(9-4)18-21)31-19(5)26-10-12-27(32)13-11-26;1-4-20-15-18(6-12-24(20)26)14-19-7-13-25(21(5-2)16-19)27-17(3)22-8-10-23(28)11-9-22/h10-13,15-19,31-32H,6-9,14,30H2,1-5H3;6-13,15-17,27-28H,4-5,14,26H2,1-3H3. The van der Waals surface area contributed by atoms with Crippen LogP contribution in [0.2, 0.25) is 0 Å². The zero-order valence-electron chi connectivity index (χ0n) is 37.3. The number of hydrogen-bond donors (Lipinski definition) is 6. The minimum Gasteiger partial charge on any atom is -0.508 e. The number of anilines is 4. The summed E-state index contributed by atoms with van der Waals surface area (Å²) in [6.45, 7) is 17.4. The van der Waals surface area contributed by atoms with Gasteiger partial charge in [0.2, 0.25) is 0 Å². The zero-order valence-corrected chi connectivity index (χ0v) is 37.3. The van der Waals surface area contributed by atoms with Crippen LogP contribution in [0, 0.1) is 0 Å². The van der Waals surface area contributed by atoms with Gasteiger partial charge in [0.15, 0.2) is 0 Å². The second kappa shape index (κ2) is 21.4. The Labute approximate surface area is 360 Å². The van der Waals surface area contributed by atoms with E-state index in [1.165, 1.54) is 67.0 Å². The maximum absolute atomic E-state index is 9.60. The van der Waals surface area contributed by atoms with Crippen LogP contribution in [-0.2, 0) is 51.4 Å². The monoisotopic (exact) mass is 805 g/mol. The SMILES string of the molecule is CCc1cc(Cc2cc(CC)c(NC(C)c3ccc(O)cc3)c(CC)c2)cc(CC)c1N.CCc1cc(Cc2ccc(NC(C)c3ccc(O)cc3)c(CC)c2)ccc1N. The third-order valence-corrected chi connectivity index (χ3v) is 11.8. The number of nitrogens with two attached hydrogens (primary N) is 2. The van der Waals surface area contributed by atoms with Gasteiger partial charge < -0.3 is 32.3 Å². The highest BCUT2D eigenvalue weighted by Crippen LogP contribution is 2.32. The molecule has 2 unspecified atom stereocenters. The molecule has 0 aliphatic heterocycles. The maximum atomic E-state index is 9.60. The van der Waals surface area contributed by atoms with E-state index >= 15 is 0 Å². The average molecular weight is 805 g/mol. The molecule has 2 atom stereocenters. The molecule has 0 heterocycles. The number of benzene rings is 6. The second-order valence-electron chi connectivity index (χ2n) is 16.0. The lowest BCUT2D eigenvalue weighted by atomic mass is 9.92. The van der Waals surface area contributed by atoms with Gasteiger partial charge in [0.05, 0.1) is 0 Å². The first-order valence-corrected chi connectivity index (χ1v) is 22.0. The van der Waals surface area contributed by atoms with Gasteiger partial charge in [-0.15, -0.1) is 0 Å². The molecule has 316 valence electrons. The van der Waals surface area contributed by atoms with Gasteiger partial charge in [-0.05, 0) is 168 Å². The Hall–Kier alpha value is -5.88. The van der Waals surface area contributed by atoms with Gasteiger partial charge >= 0.3 is 0 Å². The van der Waals surface area contributed by atoms with Crippen LogP contribution in [0.4, 0.5) is 22.7 Å². The molecular weight excluding hydrogens is 737 g/mol. The Bertz CT molecular complexity index is 2260. The van der Waals surface area contributed by atoms with Crippen molar-refractivity contribution in [2.24, 2.45) is 0 Å². The fourth-order valence-corrected chi connectivity index (χ4v) is 8.10. The molecule has 0 aromatic heterocycles. The summed E-state index contributed by atoms with van der Waals surface area (Å²) in [5.41, 5.74) is 32.0. The predicted octanol–water partition coefficient (Wildman–Crippen LogP) is 12.9. The molecular formula is C54H68N4O2. The second-order valence-corrected chi connectivity index (χ2v) is 16.0. The topological polar surface area (TPSA) is 117 Å². The van der Waals surface area contributed by atoms with Crippen LogP contribution < -0.4 is 22.1 Å². The molecule has 6 rings (SSSR count). The average Bonchev–Trinajstić information content (AvgIpc) is 3.26. The molecule has 6 aromatic carbocycles. The van der Waals surface area contributed by atoms with E-state index in [9.17, 15) is 10.2 Å². The molecule has 0 saturated heterocycles. The summed E-state index contributed by atoms with van der Waals surface area (Å²) >= 11 is 0. The van der Waals surface area contributed by atoms with Crippen LogP contribution in [-0.4, -0.2) is 10.2 Å². The minimum atomic E-state index is 0.161. The molecule has 8 N–H and O–H groups in total. The van der Waals surface area contributed by atoms with E-state index in [2.05, 4.69) is 121 Å². The molecule has 0 saturated carbocycles. The van der Waals surface area contributed by atoms with Crippen molar-refractivity contribution in [2.45, 2.75) is 119 Å². The Kier molecular flexibility index (Phi) is 16.1. The summed E-state index contributed by atoms with van der Waals surface area (Å²) in [5, 5.41) is 26.4. The maximum Gasteiger partial charge on any atom is 0.115 e. The van der Waals surface area contributed by atoms with E-state index in [-0.39, 0.29) is 12.1 Å². The van der Waals surface area contributed by atoms with Crippen LogP contribution >= 0.6 is 0 Å². The molecule has 0 aliphatic rings. The Balaban J connectivity index is 0.000000230. The van der Waals surface area contributed by atoms with Gasteiger partial charge in [-0.2, -0.15) is 0 Å². The van der Waals surface area contributed by atoms with Crippen molar-refractivity contribution in [3.05, 3.63) is 176 Å². The molecule has 6 heteroatoms. The smallest absolute Gasteiger partial charge is 0.115 e. The summed E-state index contributed by atoms with van der Waals surface area (Å²) in [5.74, 6) is 0.595. The number of nitrogens with one attached hydrogen (secondary N) is 2. The Morgan fingerprint density at radius 3 is 1.28 bits per heavy atom. The fraction of sp³-hybridized carbons (Fsp3) is 0.333. The van der Waals surface area contributed by atoms with Crippen molar-refractivity contribution in [3.8, 4) is 11.5 Å². The van der Waals surface area contributed by atoms with Gasteiger partial charge in [0, 0.05) is 34.8 Å². The van der Waals surface area contributed by atoms with Crippen molar-refractivity contribution >= 4 is 22.7 Å². The normalized spacial score (nSPS) is 12.0. The van der Waals surface area contributed by atoms with E-state index in [0.29, 0.717) is 11.5 Å². The number of phenolic OH excluding ortho intramolecular Hbond substituents is 2. The summed E-state index contributed by atoms with van der Waals surface area (Å²) in [6, 6.07) is 37.5. The zero-order chi connectivity index (χ0) is 43.3. The predicted molar refractivity (Wildman–Crippen MR) is 257 cm³/mol. The quantitative estimate of drug-likeness (QED) is 0.0543. The molecule has 0 radical (unpaired) electrons. The third-order valence-electron chi connectivity index (χ3n) is 11.8. The number of hydrogen-bond acceptors (Lipinski definition) is 6. The molecule has 60 heavy (non-hydrogen) atoms. The van der Waals surface area contributed by atoms with Gasteiger partial charge in [-0.25, -0.2) is 0 Å². The van der Waals surface area contributed by atoms with Crippen LogP contribution in [0.5, 0.6) is 11.5 Å². The highest BCUT2D eigenvalue weighted by atomic mass is 16.3. The van der Waals surface area contributed by atoms with E-state index in [4.69, 9.17) is 11.5 Å². The summed E-state index contributed by atoms with van der Waals surface area (Å²) in [4.78, 5) is 0. The number of rotatable bonds is 16. The van der Waals surface area contributed by atoms with Crippen molar-refractivity contribution < 1.29 is 10.2 Å². The van der Waals surface area contributed by atoms with E-state index in [1.807, 2.05) is 30.3 Å². The van der Waals surface area contributed by atoms with Crippen molar-refractivity contribution in [3.63, 3.8) is 0 Å². The van der Waals surface area contributed by atoms with Gasteiger partial charge in [0.25, 0.3) is 0 Å². The molecule has 6 aromatic rings. The van der Waals surface area contributed by atoms with E-state index in [1.54, 1.807) is 24.3 Å². The molecule has 0 fully saturated rings. The Morgan fingerprint density at radius 1 is 0.433 bits per heavy atom. The van der Waals surface area contributed by atoms with Gasteiger partial charge in [-0.1, -0.05) is 114 Å². The fourth-order valence-electron chi connectivity index (χ4n) is 8.10. The van der Waals surface area contributed by atoms with Gasteiger partial charge in [0.1, 0.15) is 11.5 Å². The number of phenols is 2. The van der Waals surface area contributed by atoms with Crippen molar-refractivity contribution in [2.75, 3.05) is 22.1 Å². The number of aryl methyl sites for hydroxylation is 6. The van der Waals surface area contributed by atoms with Crippen LogP contribution in [0.25, 0.3) is 0 Å². The summed E-state index contributed by atoms with van der Waals surface area (Å²) in [7, 11) is 0. The summed E-state index contributed by atoms with van der Waals surface area (Å²) in [6.07, 6.45) is 7.65. The van der Waals surface area contributed by atoms with Crippen molar-refractivity contribution in [1.29, 1.82) is 0 Å². The Morgan fingerprint density at radius 2 is 0.817 bits per heavy atom. The molecule has 0 bridgehead atoms. The molecule has 0 aliphatic carbocycles. The first-order valence-electron chi connectivity index (χ1n) is 22.0. The van der Waals surface area contributed by atoms with E-state index in [0.717, 1.165) is 73.9 Å². The number of aromatic hydroxyl groups is 2. The highest BCUT2D eigenvalue weighted by molar-refractivity contribution is 5.62. The third kappa shape index (κ3) is 11.7. The molecule has 6 nitrogen and oxygen atoms in total. The largest absolute Gasteiger partial charge is 0.508 e. The van der Waals surface area contributed by atoms with Crippen LogP contribution in [0.3, 0.4) is 0 Å². The summed E-state index contributed by atoms with van der Waals surface area (Å²) < 4.78 is 0. The van der Waals surface area contributed by atoms with Gasteiger partial charge in [-0.3, -0.25) is 0 Å². The first kappa shape index (κ1) is 45.2.